The molecule has 0 aliphatic rings. The first-order chi connectivity index (χ1) is 4.66. The standard InChI is InChI=1S/C5H11NO2.CH4O/c1-4(6)3-5(7)8-2;1-2/h4H,3,6H2,1-2H3;2H,1H3/t4-;/m1./s1. The first-order valence-electron chi connectivity index (χ1n) is 2.94. The fourth-order valence-corrected chi connectivity index (χ4v) is 0.346. The van der Waals surface area contributed by atoms with Gasteiger partial charge in [-0.25, -0.2) is 0 Å². The number of carbonyl (C=O) groups excluding carboxylic acids is 1. The van der Waals surface area contributed by atoms with Crippen LogP contribution in [-0.2, 0) is 9.53 Å². The summed E-state index contributed by atoms with van der Waals surface area (Å²) in [7, 11) is 2.35. The highest BCUT2D eigenvalue weighted by molar-refractivity contribution is 5.69. The quantitative estimate of drug-likeness (QED) is 0.519. The Morgan fingerprint density at radius 1 is 1.70 bits per heavy atom. The molecule has 0 saturated heterocycles. The molecule has 0 amide bonds. The average molecular weight is 149 g/mol. The molecule has 0 aliphatic carbocycles. The van der Waals surface area contributed by atoms with Crippen molar-refractivity contribution in [1.82, 2.24) is 0 Å². The van der Waals surface area contributed by atoms with E-state index in [-0.39, 0.29) is 12.0 Å². The van der Waals surface area contributed by atoms with E-state index in [1.807, 2.05) is 0 Å². The van der Waals surface area contributed by atoms with Crippen LogP contribution in [0.25, 0.3) is 0 Å². The molecule has 10 heavy (non-hydrogen) atoms. The maximum absolute atomic E-state index is 10.3. The SMILES string of the molecule is CO.COC(=O)C[C@@H](C)N. The van der Waals surface area contributed by atoms with Gasteiger partial charge in [0.2, 0.25) is 0 Å². The van der Waals surface area contributed by atoms with Gasteiger partial charge in [0.05, 0.1) is 13.5 Å². The van der Waals surface area contributed by atoms with Crippen LogP contribution in [0.1, 0.15) is 13.3 Å². The zero-order chi connectivity index (χ0) is 8.57. The number of nitrogens with two attached hydrogens (primary N) is 1. The van der Waals surface area contributed by atoms with Crippen molar-refractivity contribution in [2.45, 2.75) is 19.4 Å². The van der Waals surface area contributed by atoms with Crippen molar-refractivity contribution in [3.05, 3.63) is 0 Å². The molecule has 4 nitrogen and oxygen atoms in total. The van der Waals surface area contributed by atoms with Crippen molar-refractivity contribution in [2.75, 3.05) is 14.2 Å². The molecule has 3 N–H and O–H groups in total. The predicted molar refractivity (Wildman–Crippen MR) is 38.4 cm³/mol. The van der Waals surface area contributed by atoms with Gasteiger partial charge in [-0.2, -0.15) is 0 Å². The fraction of sp³-hybridized carbons (Fsp3) is 0.833. The lowest BCUT2D eigenvalue weighted by Gasteiger charge is -2.00. The van der Waals surface area contributed by atoms with Gasteiger partial charge in [-0.05, 0) is 6.92 Å². The molecule has 0 radical (unpaired) electrons. The van der Waals surface area contributed by atoms with Gasteiger partial charge >= 0.3 is 5.97 Å². The molecule has 0 saturated carbocycles. The van der Waals surface area contributed by atoms with E-state index >= 15 is 0 Å². The lowest BCUT2D eigenvalue weighted by molar-refractivity contribution is -0.140. The zero-order valence-electron chi connectivity index (χ0n) is 6.63. The van der Waals surface area contributed by atoms with Gasteiger partial charge in [-0.15, -0.1) is 0 Å². The van der Waals surface area contributed by atoms with Gasteiger partial charge in [0.25, 0.3) is 0 Å². The third-order valence-electron chi connectivity index (χ3n) is 0.716. The highest BCUT2D eigenvalue weighted by Gasteiger charge is 2.01. The van der Waals surface area contributed by atoms with E-state index in [2.05, 4.69) is 4.74 Å². The van der Waals surface area contributed by atoms with Gasteiger partial charge in [-0.3, -0.25) is 4.79 Å². The van der Waals surface area contributed by atoms with Gasteiger partial charge in [0.15, 0.2) is 0 Å². The minimum absolute atomic E-state index is 0.0950. The molecule has 1 atom stereocenters. The summed E-state index contributed by atoms with van der Waals surface area (Å²) in [6.45, 7) is 1.76. The molecule has 0 aromatic carbocycles. The second-order valence-corrected chi connectivity index (χ2v) is 1.76. The molecule has 4 heteroatoms. The Morgan fingerprint density at radius 2 is 2.10 bits per heavy atom. The molecule has 0 aromatic rings. The van der Waals surface area contributed by atoms with Crippen LogP contribution >= 0.6 is 0 Å². The second-order valence-electron chi connectivity index (χ2n) is 1.76. The van der Waals surface area contributed by atoms with Crippen molar-refractivity contribution in [2.24, 2.45) is 5.73 Å². The summed E-state index contributed by atoms with van der Waals surface area (Å²) in [5, 5.41) is 7.00. The molecule has 0 bridgehead atoms. The largest absolute Gasteiger partial charge is 0.469 e. The normalized spacial score (nSPS) is 10.9. The van der Waals surface area contributed by atoms with Crippen LogP contribution in [0.4, 0.5) is 0 Å². The Kier molecular flexibility index (Phi) is 10.2. The van der Waals surface area contributed by atoms with E-state index in [0.29, 0.717) is 6.42 Å². The number of rotatable bonds is 2. The summed E-state index contributed by atoms with van der Waals surface area (Å²) >= 11 is 0. The lowest BCUT2D eigenvalue weighted by Crippen LogP contribution is -2.20. The Bertz CT molecular complexity index is 83.1. The van der Waals surface area contributed by atoms with E-state index < -0.39 is 0 Å². The number of hydrogen-bond acceptors (Lipinski definition) is 4. The Morgan fingerprint density at radius 3 is 2.20 bits per heavy atom. The van der Waals surface area contributed by atoms with Gasteiger partial charge < -0.3 is 15.6 Å². The maximum Gasteiger partial charge on any atom is 0.307 e. The topological polar surface area (TPSA) is 72.5 Å². The minimum atomic E-state index is -0.250. The van der Waals surface area contributed by atoms with Crippen molar-refractivity contribution < 1.29 is 14.6 Å². The number of carbonyl (C=O) groups is 1. The number of esters is 1. The summed E-state index contributed by atoms with van der Waals surface area (Å²) in [5.74, 6) is -0.250. The molecule has 0 spiro atoms. The third-order valence-corrected chi connectivity index (χ3v) is 0.716. The molecule has 0 unspecified atom stereocenters. The number of ether oxygens (including phenoxy) is 1. The maximum atomic E-state index is 10.3. The summed E-state index contributed by atoms with van der Waals surface area (Å²) in [4.78, 5) is 10.3. The Balaban J connectivity index is 0. The van der Waals surface area contributed by atoms with Crippen LogP contribution < -0.4 is 5.73 Å². The van der Waals surface area contributed by atoms with Crippen LogP contribution in [-0.4, -0.2) is 31.3 Å². The fourth-order valence-electron chi connectivity index (χ4n) is 0.346. The molecule has 62 valence electrons. The Hall–Kier alpha value is -0.610. The van der Waals surface area contributed by atoms with E-state index in [1.165, 1.54) is 7.11 Å². The van der Waals surface area contributed by atoms with E-state index in [0.717, 1.165) is 7.11 Å². The van der Waals surface area contributed by atoms with E-state index in [9.17, 15) is 4.79 Å². The molecule has 0 aliphatic heterocycles. The molecular weight excluding hydrogens is 134 g/mol. The van der Waals surface area contributed by atoms with Crippen LogP contribution in [0.3, 0.4) is 0 Å². The number of hydrogen-bond donors (Lipinski definition) is 2. The number of aliphatic hydroxyl groups is 1. The summed E-state index contributed by atoms with van der Waals surface area (Å²) < 4.78 is 4.34. The van der Waals surface area contributed by atoms with Crippen LogP contribution in [0, 0.1) is 0 Å². The summed E-state index contributed by atoms with van der Waals surface area (Å²) in [5.41, 5.74) is 5.27. The monoisotopic (exact) mass is 149 g/mol. The molecule has 0 heterocycles. The van der Waals surface area contributed by atoms with Crippen molar-refractivity contribution in [1.29, 1.82) is 0 Å². The van der Waals surface area contributed by atoms with E-state index in [4.69, 9.17) is 10.8 Å². The van der Waals surface area contributed by atoms with Crippen molar-refractivity contribution >= 4 is 5.97 Å². The predicted octanol–water partition coefficient (Wildman–Crippen LogP) is -0.495. The third kappa shape index (κ3) is 10.4. The van der Waals surface area contributed by atoms with Gasteiger partial charge in [-0.1, -0.05) is 0 Å². The smallest absolute Gasteiger partial charge is 0.307 e. The first kappa shape index (κ1) is 12.1. The highest BCUT2D eigenvalue weighted by Crippen LogP contribution is 1.86. The zero-order valence-corrected chi connectivity index (χ0v) is 6.63. The molecule has 0 fully saturated rings. The van der Waals surface area contributed by atoms with Crippen LogP contribution in [0.15, 0.2) is 0 Å². The second kappa shape index (κ2) is 8.39. The van der Waals surface area contributed by atoms with Crippen LogP contribution in [0.5, 0.6) is 0 Å². The molecule has 0 aromatic heterocycles. The van der Waals surface area contributed by atoms with Crippen molar-refractivity contribution in [3.8, 4) is 0 Å². The number of methoxy groups -OCH3 is 1. The minimum Gasteiger partial charge on any atom is -0.469 e. The molecular formula is C6H15NO3. The Labute approximate surface area is 61.0 Å². The summed E-state index contributed by atoms with van der Waals surface area (Å²) in [6, 6.07) is -0.0950. The number of aliphatic hydroxyl groups excluding tert-OH is 1. The molecule has 0 rings (SSSR count). The van der Waals surface area contributed by atoms with Crippen molar-refractivity contribution in [3.63, 3.8) is 0 Å². The van der Waals surface area contributed by atoms with Crippen LogP contribution in [0.2, 0.25) is 0 Å². The van der Waals surface area contributed by atoms with Gasteiger partial charge in [0, 0.05) is 13.2 Å². The van der Waals surface area contributed by atoms with Gasteiger partial charge in [0.1, 0.15) is 0 Å². The van der Waals surface area contributed by atoms with E-state index in [1.54, 1.807) is 6.92 Å². The average Bonchev–Trinajstić information content (AvgIpc) is 1.91. The highest BCUT2D eigenvalue weighted by atomic mass is 16.5. The lowest BCUT2D eigenvalue weighted by atomic mass is 10.3. The first-order valence-corrected chi connectivity index (χ1v) is 2.94. The summed E-state index contributed by atoms with van der Waals surface area (Å²) in [6.07, 6.45) is 0.302.